The second kappa shape index (κ2) is 15.3. The maximum Gasteiger partial charge on any atom is 0.142 e. The number of halogens is 2. The predicted octanol–water partition coefficient (Wildman–Crippen LogP) is 4.58. The van der Waals surface area contributed by atoms with Crippen LogP contribution in [0.3, 0.4) is 0 Å². The summed E-state index contributed by atoms with van der Waals surface area (Å²) in [4.78, 5) is 0. The number of rotatable bonds is 6. The van der Waals surface area contributed by atoms with Gasteiger partial charge in [-0.1, -0.05) is 109 Å². The van der Waals surface area contributed by atoms with Gasteiger partial charge in [0.1, 0.15) is 34.1 Å². The maximum absolute atomic E-state index is 2.24. The molecule has 0 fully saturated rings. The molecule has 42 heavy (non-hydrogen) atoms. The van der Waals surface area contributed by atoms with Crippen LogP contribution in [0, 0.1) is 0 Å². The minimum Gasteiger partial charge on any atom is -1.00 e. The van der Waals surface area contributed by atoms with E-state index in [-0.39, 0.29) is 29.4 Å². The highest BCUT2D eigenvalue weighted by Gasteiger charge is 2.31. The lowest BCUT2D eigenvalue weighted by molar-refractivity contribution is -0.001000. The molecule has 0 atom stereocenters. The van der Waals surface area contributed by atoms with Crippen LogP contribution in [-0.4, -0.2) is 14.1 Å². The van der Waals surface area contributed by atoms with Gasteiger partial charge in [0, 0.05) is 0 Å². The first-order chi connectivity index (χ1) is 19.6. The molecule has 0 bridgehead atoms. The predicted molar refractivity (Wildman–Crippen MR) is 173 cm³/mol. The van der Waals surface area contributed by atoms with E-state index in [1.807, 2.05) is 0 Å². The molecule has 0 aliphatic heterocycles. The summed E-state index contributed by atoms with van der Waals surface area (Å²) in [6, 6.07) is 63.7. The van der Waals surface area contributed by atoms with E-state index in [0.717, 1.165) is 0 Å². The Morgan fingerprint density at radius 2 is 0.381 bits per heavy atom. The Morgan fingerprint density at radius 3 is 0.500 bits per heavy atom. The second-order valence-corrected chi connectivity index (χ2v) is 10.0. The standard InChI is InChI=1S/2C19H18N.BrH.ClH/c2*1-20(17-11-5-2-6-12-17,18-13-7-3-8-14-18)19-15-9-4-10-16-19;;/h2*2-16H,1H3;2*1H/q2*+1;;/p-2. The number of nitrogens with zero attached hydrogens (tertiary/aromatic N) is 2. The minimum atomic E-state index is 0. The highest BCUT2D eigenvalue weighted by molar-refractivity contribution is 5.71. The third-order valence-electron chi connectivity index (χ3n) is 7.64. The Kier molecular flexibility index (Phi) is 11.8. The van der Waals surface area contributed by atoms with Crippen LogP contribution < -0.4 is 38.4 Å². The van der Waals surface area contributed by atoms with E-state index in [2.05, 4.69) is 196 Å². The first kappa shape index (κ1) is 32.5. The molecular formula is C38H36BrClN2. The Balaban J connectivity index is 0.000000220. The monoisotopic (exact) mass is 634 g/mol. The van der Waals surface area contributed by atoms with Crippen LogP contribution in [0.4, 0.5) is 34.1 Å². The van der Waals surface area contributed by atoms with E-state index < -0.39 is 0 Å². The summed E-state index contributed by atoms with van der Waals surface area (Å²) in [5.74, 6) is 0. The quantitative estimate of drug-likeness (QED) is 0.235. The Bertz CT molecular complexity index is 1260. The third kappa shape index (κ3) is 6.89. The molecule has 0 heterocycles. The summed E-state index contributed by atoms with van der Waals surface area (Å²) in [6.45, 7) is 0. The molecule has 0 unspecified atom stereocenters. The van der Waals surface area contributed by atoms with Gasteiger partial charge in [0.2, 0.25) is 0 Å². The van der Waals surface area contributed by atoms with E-state index >= 15 is 0 Å². The van der Waals surface area contributed by atoms with Gasteiger partial charge in [0.15, 0.2) is 0 Å². The molecule has 0 saturated heterocycles. The van der Waals surface area contributed by atoms with E-state index in [0.29, 0.717) is 8.97 Å². The number of para-hydroxylation sites is 6. The van der Waals surface area contributed by atoms with Crippen molar-refractivity contribution in [1.29, 1.82) is 0 Å². The fourth-order valence-corrected chi connectivity index (χ4v) is 5.25. The smallest absolute Gasteiger partial charge is 0.142 e. The zero-order valence-corrected chi connectivity index (χ0v) is 26.3. The minimum absolute atomic E-state index is 0. The van der Waals surface area contributed by atoms with Crippen molar-refractivity contribution < 1.29 is 29.4 Å². The summed E-state index contributed by atoms with van der Waals surface area (Å²) >= 11 is 0. The van der Waals surface area contributed by atoms with E-state index in [4.69, 9.17) is 0 Å². The van der Waals surface area contributed by atoms with Gasteiger partial charge in [-0.15, -0.1) is 0 Å². The van der Waals surface area contributed by atoms with Crippen LogP contribution >= 0.6 is 0 Å². The molecule has 0 aromatic heterocycles. The Labute approximate surface area is 267 Å². The van der Waals surface area contributed by atoms with Crippen molar-refractivity contribution in [3.8, 4) is 0 Å². The highest BCUT2D eigenvalue weighted by Crippen LogP contribution is 2.42. The zero-order valence-electron chi connectivity index (χ0n) is 24.0. The SMILES string of the molecule is C[N+](c1ccccc1)(c1ccccc1)c1ccccc1.C[N+](c1ccccc1)(c1ccccc1)c1ccccc1.[Br-].[Cl-]. The molecule has 0 aliphatic rings. The van der Waals surface area contributed by atoms with Gasteiger partial charge < -0.3 is 29.4 Å². The van der Waals surface area contributed by atoms with Crippen molar-refractivity contribution in [1.82, 2.24) is 8.97 Å². The molecule has 0 radical (unpaired) electrons. The molecule has 6 aromatic rings. The molecule has 0 aliphatic carbocycles. The van der Waals surface area contributed by atoms with Gasteiger partial charge in [-0.05, 0) is 72.8 Å². The molecule has 0 saturated carbocycles. The second-order valence-electron chi connectivity index (χ2n) is 10.0. The fraction of sp³-hybridized carbons (Fsp3) is 0.0526. The summed E-state index contributed by atoms with van der Waals surface area (Å²) in [5, 5.41) is 0. The van der Waals surface area contributed by atoms with Crippen molar-refractivity contribution in [2.75, 3.05) is 14.1 Å². The molecular weight excluding hydrogens is 600 g/mol. The van der Waals surface area contributed by atoms with E-state index in [1.165, 1.54) is 34.1 Å². The van der Waals surface area contributed by atoms with Gasteiger partial charge in [-0.3, -0.25) is 0 Å². The van der Waals surface area contributed by atoms with Gasteiger partial charge in [0.05, 0.1) is 14.1 Å². The average molecular weight is 636 g/mol. The van der Waals surface area contributed by atoms with Gasteiger partial charge in [-0.2, -0.15) is 0 Å². The van der Waals surface area contributed by atoms with Crippen LogP contribution in [0.25, 0.3) is 0 Å². The van der Waals surface area contributed by atoms with Crippen LogP contribution in [0.5, 0.6) is 0 Å². The summed E-state index contributed by atoms with van der Waals surface area (Å²) in [6.07, 6.45) is 0. The normalized spacial score (nSPS) is 10.7. The highest BCUT2D eigenvalue weighted by atomic mass is 79.9. The van der Waals surface area contributed by atoms with Gasteiger partial charge in [-0.25, -0.2) is 8.97 Å². The van der Waals surface area contributed by atoms with Crippen molar-refractivity contribution >= 4 is 34.1 Å². The van der Waals surface area contributed by atoms with Crippen molar-refractivity contribution in [3.63, 3.8) is 0 Å². The first-order valence-corrected chi connectivity index (χ1v) is 13.7. The van der Waals surface area contributed by atoms with Crippen LogP contribution in [0.2, 0.25) is 0 Å². The fourth-order valence-electron chi connectivity index (χ4n) is 5.25. The lowest BCUT2D eigenvalue weighted by Crippen LogP contribution is -3.00. The van der Waals surface area contributed by atoms with Gasteiger partial charge >= 0.3 is 0 Å². The summed E-state index contributed by atoms with van der Waals surface area (Å²) in [5.41, 5.74) is 7.53. The molecule has 2 nitrogen and oxygen atoms in total. The largest absolute Gasteiger partial charge is 1.00 e. The average Bonchev–Trinajstić information content (AvgIpc) is 3.07. The third-order valence-corrected chi connectivity index (χ3v) is 7.64. The molecule has 212 valence electrons. The Morgan fingerprint density at radius 1 is 0.262 bits per heavy atom. The lowest BCUT2D eigenvalue weighted by Gasteiger charge is -2.33. The molecule has 0 spiro atoms. The molecule has 0 N–H and O–H groups in total. The Hall–Kier alpha value is -3.99. The van der Waals surface area contributed by atoms with Gasteiger partial charge in [0.25, 0.3) is 0 Å². The molecule has 0 amide bonds. The number of benzene rings is 6. The van der Waals surface area contributed by atoms with E-state index in [1.54, 1.807) is 0 Å². The van der Waals surface area contributed by atoms with Crippen molar-refractivity contribution in [2.45, 2.75) is 0 Å². The summed E-state index contributed by atoms with van der Waals surface area (Å²) in [7, 11) is 4.47. The van der Waals surface area contributed by atoms with Crippen LogP contribution in [-0.2, 0) is 0 Å². The number of hydrogen-bond acceptors (Lipinski definition) is 0. The van der Waals surface area contributed by atoms with Crippen molar-refractivity contribution in [3.05, 3.63) is 182 Å². The summed E-state index contributed by atoms with van der Waals surface area (Å²) < 4.78 is 1.34. The molecule has 6 rings (SSSR count). The zero-order chi connectivity index (χ0) is 27.7. The first-order valence-electron chi connectivity index (χ1n) is 13.7. The molecule has 4 heteroatoms. The maximum atomic E-state index is 2.24. The van der Waals surface area contributed by atoms with Crippen LogP contribution in [0.15, 0.2) is 182 Å². The molecule has 6 aromatic carbocycles. The van der Waals surface area contributed by atoms with Crippen molar-refractivity contribution in [2.24, 2.45) is 0 Å². The topological polar surface area (TPSA) is 0 Å². The van der Waals surface area contributed by atoms with Crippen LogP contribution in [0.1, 0.15) is 0 Å². The lowest BCUT2D eigenvalue weighted by atomic mass is 10.1. The van der Waals surface area contributed by atoms with E-state index in [9.17, 15) is 0 Å². The number of quaternary nitrogens is 2. The number of hydrogen-bond donors (Lipinski definition) is 0.